The van der Waals surface area contributed by atoms with Crippen LogP contribution in [0.4, 0.5) is 0 Å². The zero-order chi connectivity index (χ0) is 33.3. The molecule has 1 aromatic carbocycles. The number of quaternary nitrogens is 1. The average Bonchev–Trinajstić information content (AvgIpc) is 3.18. The first-order chi connectivity index (χ1) is 21.0. The highest BCUT2D eigenvalue weighted by atomic mass is 16.6. The molecule has 9 heteroatoms. The van der Waals surface area contributed by atoms with Crippen LogP contribution in [0, 0.1) is 18.3 Å². The van der Waals surface area contributed by atoms with Crippen molar-refractivity contribution >= 4 is 23.6 Å². The molecule has 9 nitrogen and oxygen atoms in total. The Morgan fingerprint density at radius 3 is 2.33 bits per heavy atom. The Morgan fingerprint density at radius 1 is 1.09 bits per heavy atom. The number of Topliss-reactive ketones (excluding diaryl/α,β-unsaturated/α-hetero) is 1. The second kappa shape index (κ2) is 13.5. The predicted octanol–water partition coefficient (Wildman–Crippen LogP) is 5.27. The standard InChI is InChI=1S/C36H51N3O6/c1-9-29-22(2)38(31-19-36(4,5)20-32(41)34(29)31)26-12-15-30(35(37)43)25(17-26)16-24-10-13-27(14-11-24)45-33(42)18-28(44-23(3)40)21-39(6,7)8/h12,15,17,24,27-28H,9-11,13-14,16,18-21H2,1-8H3,(H-,37,43)/p+1. The van der Waals surface area contributed by atoms with E-state index < -0.39 is 18.0 Å². The van der Waals surface area contributed by atoms with Gasteiger partial charge in [-0.05, 0) is 92.5 Å². The van der Waals surface area contributed by atoms with E-state index in [1.54, 1.807) is 0 Å². The second-order valence-corrected chi connectivity index (χ2v) is 15.0. The lowest BCUT2D eigenvalue weighted by Gasteiger charge is -2.31. The SMILES string of the molecule is CCc1c2c(n(-c3ccc(C(N)=O)c(CC4CCC(OC(=O)CC(C[N+](C)(C)C)OC(C)=O)CC4)c3)c1C)CC(C)(C)CC2=O. The number of nitrogens with zero attached hydrogens (tertiary/aromatic N) is 2. The monoisotopic (exact) mass is 622 g/mol. The zero-order valence-electron chi connectivity index (χ0n) is 28.5. The number of carbonyl (C=O) groups excluding carboxylic acids is 4. The summed E-state index contributed by atoms with van der Waals surface area (Å²) in [5.74, 6) is -0.683. The van der Waals surface area contributed by atoms with Crippen molar-refractivity contribution in [3.63, 3.8) is 0 Å². The van der Waals surface area contributed by atoms with Crippen LogP contribution in [-0.2, 0) is 38.3 Å². The zero-order valence-corrected chi connectivity index (χ0v) is 28.5. The molecule has 45 heavy (non-hydrogen) atoms. The Morgan fingerprint density at radius 2 is 1.76 bits per heavy atom. The van der Waals surface area contributed by atoms with Crippen molar-refractivity contribution in [1.29, 1.82) is 0 Å². The van der Waals surface area contributed by atoms with Crippen LogP contribution in [0.15, 0.2) is 18.2 Å². The molecule has 2 N–H and O–H groups in total. The van der Waals surface area contributed by atoms with Crippen molar-refractivity contribution in [2.24, 2.45) is 17.1 Å². The Kier molecular flexibility index (Phi) is 10.3. The smallest absolute Gasteiger partial charge is 0.310 e. The second-order valence-electron chi connectivity index (χ2n) is 15.0. The van der Waals surface area contributed by atoms with Crippen LogP contribution in [-0.4, -0.2) is 72.6 Å². The topological polar surface area (TPSA) is 118 Å². The quantitative estimate of drug-likeness (QED) is 0.269. The lowest BCUT2D eigenvalue weighted by molar-refractivity contribution is -0.873. The molecule has 246 valence electrons. The molecular weight excluding hydrogens is 570 g/mol. The van der Waals surface area contributed by atoms with Crippen LogP contribution in [0.2, 0.25) is 0 Å². The highest BCUT2D eigenvalue weighted by molar-refractivity contribution is 6.01. The van der Waals surface area contributed by atoms with Gasteiger partial charge >= 0.3 is 11.9 Å². The molecule has 1 fully saturated rings. The molecule has 1 saturated carbocycles. The Hall–Kier alpha value is -3.46. The van der Waals surface area contributed by atoms with E-state index in [0.29, 0.717) is 35.4 Å². The lowest BCUT2D eigenvalue weighted by Crippen LogP contribution is -2.44. The largest absolute Gasteiger partial charge is 0.462 e. The molecule has 0 radical (unpaired) electrons. The van der Waals surface area contributed by atoms with Gasteiger partial charge in [0.25, 0.3) is 0 Å². The summed E-state index contributed by atoms with van der Waals surface area (Å²) in [5.41, 5.74) is 12.2. The minimum absolute atomic E-state index is 0.0365. The Labute approximate surface area is 268 Å². The number of amides is 1. The number of aromatic nitrogens is 1. The molecule has 1 heterocycles. The summed E-state index contributed by atoms with van der Waals surface area (Å²) in [4.78, 5) is 50.1. The third-order valence-corrected chi connectivity index (χ3v) is 9.24. The number of primary amides is 1. The number of ketones is 1. The van der Waals surface area contributed by atoms with Crippen LogP contribution in [0.1, 0.15) is 109 Å². The average molecular weight is 623 g/mol. The molecule has 2 aromatic rings. The molecular formula is C36H52N3O6+. The van der Waals surface area contributed by atoms with Crippen LogP contribution in [0.5, 0.6) is 0 Å². The lowest BCUT2D eigenvalue weighted by atomic mass is 9.75. The minimum Gasteiger partial charge on any atom is -0.462 e. The maximum Gasteiger partial charge on any atom is 0.310 e. The predicted molar refractivity (Wildman–Crippen MR) is 173 cm³/mol. The van der Waals surface area contributed by atoms with Crippen LogP contribution >= 0.6 is 0 Å². The molecule has 2 aliphatic rings. The summed E-state index contributed by atoms with van der Waals surface area (Å²) in [6.07, 6.45) is 5.33. The van der Waals surface area contributed by atoms with E-state index in [1.165, 1.54) is 6.92 Å². The molecule has 4 rings (SSSR count). The Bertz CT molecular complexity index is 1460. The van der Waals surface area contributed by atoms with E-state index in [4.69, 9.17) is 15.2 Å². The van der Waals surface area contributed by atoms with Crippen LogP contribution in [0.3, 0.4) is 0 Å². The number of benzene rings is 1. The fourth-order valence-corrected chi connectivity index (χ4v) is 7.42. The number of hydrogen-bond donors (Lipinski definition) is 1. The summed E-state index contributed by atoms with van der Waals surface area (Å²) in [6.45, 7) is 10.3. The maximum absolute atomic E-state index is 13.3. The van der Waals surface area contributed by atoms with Crippen molar-refractivity contribution in [3.05, 3.63) is 51.8 Å². The molecule has 2 aliphatic carbocycles. The fraction of sp³-hybridized carbons (Fsp3) is 0.611. The van der Waals surface area contributed by atoms with Crippen molar-refractivity contribution in [2.75, 3.05) is 27.7 Å². The van der Waals surface area contributed by atoms with Gasteiger partial charge in [-0.2, -0.15) is 0 Å². The van der Waals surface area contributed by atoms with E-state index >= 15 is 0 Å². The number of rotatable bonds is 11. The number of esters is 2. The molecule has 1 unspecified atom stereocenters. The van der Waals surface area contributed by atoms with Gasteiger partial charge in [-0.3, -0.25) is 19.2 Å². The summed E-state index contributed by atoms with van der Waals surface area (Å²) >= 11 is 0. The van der Waals surface area contributed by atoms with E-state index in [9.17, 15) is 19.2 Å². The Balaban J connectivity index is 1.48. The van der Waals surface area contributed by atoms with Gasteiger partial charge in [0.15, 0.2) is 11.9 Å². The molecule has 1 amide bonds. The molecule has 0 spiro atoms. The third-order valence-electron chi connectivity index (χ3n) is 9.24. The molecule has 1 aromatic heterocycles. The van der Waals surface area contributed by atoms with Gasteiger partial charge in [-0.15, -0.1) is 0 Å². The number of carbonyl (C=O) groups is 4. The van der Waals surface area contributed by atoms with Gasteiger partial charge in [0.05, 0.1) is 27.6 Å². The number of hydrogen-bond acceptors (Lipinski definition) is 6. The van der Waals surface area contributed by atoms with Gasteiger partial charge in [-0.1, -0.05) is 20.8 Å². The number of likely N-dealkylation sites (N-methyl/N-ethyl adjacent to an activating group) is 1. The summed E-state index contributed by atoms with van der Waals surface area (Å²) in [7, 11) is 5.96. The van der Waals surface area contributed by atoms with Gasteiger partial charge < -0.3 is 24.3 Å². The van der Waals surface area contributed by atoms with E-state index in [0.717, 1.165) is 72.3 Å². The van der Waals surface area contributed by atoms with E-state index in [2.05, 4.69) is 38.3 Å². The molecule has 0 bridgehead atoms. The highest BCUT2D eigenvalue weighted by Crippen LogP contribution is 2.40. The number of ether oxygens (including phenoxy) is 2. The summed E-state index contributed by atoms with van der Waals surface area (Å²) in [6, 6.07) is 5.85. The molecule has 0 saturated heterocycles. The summed E-state index contributed by atoms with van der Waals surface area (Å²) < 4.78 is 14.0. The first kappa shape index (κ1) is 34.4. The highest BCUT2D eigenvalue weighted by Gasteiger charge is 2.37. The van der Waals surface area contributed by atoms with Crippen molar-refractivity contribution in [1.82, 2.24) is 4.57 Å². The van der Waals surface area contributed by atoms with Gasteiger partial charge in [0.2, 0.25) is 5.91 Å². The minimum atomic E-state index is -0.530. The van der Waals surface area contributed by atoms with Crippen molar-refractivity contribution in [3.8, 4) is 5.69 Å². The fourth-order valence-electron chi connectivity index (χ4n) is 7.42. The normalized spacial score (nSPS) is 20.3. The van der Waals surface area contributed by atoms with Gasteiger partial charge in [-0.25, -0.2) is 0 Å². The van der Waals surface area contributed by atoms with Gasteiger partial charge in [0.1, 0.15) is 12.6 Å². The first-order valence-corrected chi connectivity index (χ1v) is 16.3. The van der Waals surface area contributed by atoms with E-state index in [-0.39, 0.29) is 29.7 Å². The van der Waals surface area contributed by atoms with Gasteiger partial charge in [0, 0.05) is 41.5 Å². The van der Waals surface area contributed by atoms with E-state index in [1.807, 2.05) is 33.3 Å². The van der Waals surface area contributed by atoms with Crippen LogP contribution < -0.4 is 5.73 Å². The molecule has 0 aliphatic heterocycles. The molecule has 1 atom stereocenters. The number of fused-ring (bicyclic) bond motifs is 1. The number of nitrogens with two attached hydrogens (primary N) is 1. The van der Waals surface area contributed by atoms with Crippen molar-refractivity contribution < 1.29 is 33.1 Å². The van der Waals surface area contributed by atoms with Crippen molar-refractivity contribution in [2.45, 2.75) is 105 Å². The summed E-state index contributed by atoms with van der Waals surface area (Å²) in [5, 5.41) is 0. The first-order valence-electron chi connectivity index (χ1n) is 16.3. The third kappa shape index (κ3) is 8.43. The van der Waals surface area contributed by atoms with Crippen LogP contribution in [0.25, 0.3) is 5.69 Å². The maximum atomic E-state index is 13.3.